The summed E-state index contributed by atoms with van der Waals surface area (Å²) < 4.78 is 35.0. The molecule has 154 valence electrons. The van der Waals surface area contributed by atoms with E-state index < -0.39 is 10.0 Å². The highest BCUT2D eigenvalue weighted by Crippen LogP contribution is 2.30. The van der Waals surface area contributed by atoms with Gasteiger partial charge in [0.05, 0.1) is 24.8 Å². The van der Waals surface area contributed by atoms with Gasteiger partial charge in [0, 0.05) is 48.8 Å². The van der Waals surface area contributed by atoms with Crippen LogP contribution in [0.3, 0.4) is 0 Å². The van der Waals surface area contributed by atoms with Crippen molar-refractivity contribution in [3.63, 3.8) is 0 Å². The summed E-state index contributed by atoms with van der Waals surface area (Å²) in [5, 5.41) is 0.807. The van der Waals surface area contributed by atoms with E-state index in [1.165, 1.54) is 3.97 Å². The molecule has 1 aromatic carbocycles. The van der Waals surface area contributed by atoms with Crippen molar-refractivity contribution in [3.05, 3.63) is 73.3 Å². The van der Waals surface area contributed by atoms with Gasteiger partial charge in [-0.3, -0.25) is 4.90 Å². The van der Waals surface area contributed by atoms with Crippen molar-refractivity contribution in [2.24, 2.45) is 0 Å². The minimum absolute atomic E-state index is 0.242. The Morgan fingerprint density at radius 2 is 1.77 bits per heavy atom. The van der Waals surface area contributed by atoms with Gasteiger partial charge in [0.15, 0.2) is 5.65 Å². The minimum Gasteiger partial charge on any atom is -0.379 e. The third kappa shape index (κ3) is 3.43. The number of ether oxygens (including phenoxy) is 1. The molecule has 4 aromatic rings. The number of fused-ring (bicyclic) bond motifs is 1. The Kier molecular flexibility index (Phi) is 4.90. The lowest BCUT2D eigenvalue weighted by atomic mass is 10.1. The van der Waals surface area contributed by atoms with E-state index >= 15 is 0 Å². The molecule has 0 spiro atoms. The Labute approximate surface area is 175 Å². The molecule has 1 aliphatic rings. The van der Waals surface area contributed by atoms with Crippen molar-refractivity contribution in [3.8, 4) is 11.1 Å². The lowest BCUT2D eigenvalue weighted by Gasteiger charge is -2.26. The van der Waals surface area contributed by atoms with Crippen LogP contribution in [0, 0.1) is 0 Å². The summed E-state index contributed by atoms with van der Waals surface area (Å²) in [4.78, 5) is 6.96. The fourth-order valence-corrected chi connectivity index (χ4v) is 5.15. The zero-order valence-electron chi connectivity index (χ0n) is 16.4. The van der Waals surface area contributed by atoms with E-state index in [0.29, 0.717) is 5.65 Å². The molecule has 1 aliphatic heterocycles. The van der Waals surface area contributed by atoms with Gasteiger partial charge < -0.3 is 9.30 Å². The predicted molar refractivity (Wildman–Crippen MR) is 115 cm³/mol. The fourth-order valence-electron chi connectivity index (χ4n) is 3.83. The lowest BCUT2D eigenvalue weighted by Crippen LogP contribution is -2.37. The Hall–Kier alpha value is -2.94. The Morgan fingerprint density at radius 3 is 2.57 bits per heavy atom. The van der Waals surface area contributed by atoms with Crippen LogP contribution in [0.4, 0.5) is 0 Å². The molecule has 0 amide bonds. The van der Waals surface area contributed by atoms with Crippen molar-refractivity contribution in [2.45, 2.75) is 11.6 Å². The van der Waals surface area contributed by atoms with Crippen molar-refractivity contribution in [1.29, 1.82) is 0 Å². The summed E-state index contributed by atoms with van der Waals surface area (Å²) in [6.07, 6.45) is 7.38. The smallest absolute Gasteiger partial charge is 0.269 e. The number of morpholine rings is 1. The minimum atomic E-state index is -3.70. The van der Waals surface area contributed by atoms with Crippen LogP contribution in [0.15, 0.2) is 78.2 Å². The summed E-state index contributed by atoms with van der Waals surface area (Å²) in [5.74, 6) is 0. The molecule has 0 radical (unpaired) electrons. The maximum atomic E-state index is 13.1. The SMILES string of the molecule is O=S(=O)(c1ccccc1)n1ccc2c(-c3ccn(CN4CCOCC4)c3)ccnc21. The van der Waals surface area contributed by atoms with E-state index in [0.717, 1.165) is 49.5 Å². The van der Waals surface area contributed by atoms with Gasteiger partial charge in [-0.2, -0.15) is 0 Å². The molecule has 8 heteroatoms. The first kappa shape index (κ1) is 19.0. The van der Waals surface area contributed by atoms with Gasteiger partial charge in [0.1, 0.15) is 0 Å². The molecular weight excluding hydrogens is 400 g/mol. The second-order valence-corrected chi connectivity index (χ2v) is 9.13. The quantitative estimate of drug-likeness (QED) is 0.495. The van der Waals surface area contributed by atoms with Gasteiger partial charge in [0.2, 0.25) is 0 Å². The summed E-state index contributed by atoms with van der Waals surface area (Å²) in [7, 11) is -3.70. The molecule has 5 rings (SSSR count). The number of pyridine rings is 1. The molecular formula is C22H22N4O3S. The monoisotopic (exact) mass is 422 g/mol. The van der Waals surface area contributed by atoms with E-state index in [-0.39, 0.29) is 4.90 Å². The van der Waals surface area contributed by atoms with E-state index in [9.17, 15) is 8.42 Å². The second kappa shape index (κ2) is 7.71. The predicted octanol–water partition coefficient (Wildman–Crippen LogP) is 3.03. The van der Waals surface area contributed by atoms with E-state index in [1.54, 1.807) is 42.7 Å². The topological polar surface area (TPSA) is 69.4 Å². The maximum absolute atomic E-state index is 13.1. The van der Waals surface area contributed by atoms with Crippen LogP contribution in [0.25, 0.3) is 22.2 Å². The van der Waals surface area contributed by atoms with E-state index in [2.05, 4.69) is 32.9 Å². The number of nitrogens with zero attached hydrogens (tertiary/aromatic N) is 4. The second-order valence-electron chi connectivity index (χ2n) is 7.31. The Morgan fingerprint density at radius 1 is 0.967 bits per heavy atom. The van der Waals surface area contributed by atoms with E-state index in [4.69, 9.17) is 4.74 Å². The van der Waals surface area contributed by atoms with Crippen LogP contribution < -0.4 is 0 Å². The average molecular weight is 423 g/mol. The lowest BCUT2D eigenvalue weighted by molar-refractivity contribution is 0.0235. The van der Waals surface area contributed by atoms with Gasteiger partial charge in [0.25, 0.3) is 10.0 Å². The molecule has 0 unspecified atom stereocenters. The third-order valence-corrected chi connectivity index (χ3v) is 7.06. The molecule has 4 heterocycles. The first-order valence-electron chi connectivity index (χ1n) is 9.86. The van der Waals surface area contributed by atoms with Crippen molar-refractivity contribution < 1.29 is 13.2 Å². The number of hydrogen-bond donors (Lipinski definition) is 0. The molecule has 3 aromatic heterocycles. The van der Waals surface area contributed by atoms with Crippen LogP contribution in [-0.2, 0) is 21.4 Å². The van der Waals surface area contributed by atoms with Crippen molar-refractivity contribution >= 4 is 21.1 Å². The highest BCUT2D eigenvalue weighted by molar-refractivity contribution is 7.90. The molecule has 1 fully saturated rings. The van der Waals surface area contributed by atoms with Crippen molar-refractivity contribution in [1.82, 2.24) is 18.4 Å². The summed E-state index contributed by atoms with van der Waals surface area (Å²) in [5.41, 5.74) is 2.42. The number of aromatic nitrogens is 3. The molecule has 0 saturated carbocycles. The number of hydrogen-bond acceptors (Lipinski definition) is 5. The summed E-state index contributed by atoms with van der Waals surface area (Å²) in [6, 6.07) is 14.2. The fraction of sp³-hybridized carbons (Fsp3) is 0.227. The van der Waals surface area contributed by atoms with Gasteiger partial charge in [-0.25, -0.2) is 17.4 Å². The van der Waals surface area contributed by atoms with Crippen LogP contribution in [-0.4, -0.2) is 53.1 Å². The normalized spacial score (nSPS) is 15.6. The third-order valence-electron chi connectivity index (χ3n) is 5.38. The van der Waals surface area contributed by atoms with Crippen LogP contribution in [0.5, 0.6) is 0 Å². The number of rotatable bonds is 5. The Balaban J connectivity index is 1.50. The average Bonchev–Trinajstić information content (AvgIpc) is 3.42. The zero-order valence-corrected chi connectivity index (χ0v) is 17.2. The molecule has 7 nitrogen and oxygen atoms in total. The van der Waals surface area contributed by atoms with Gasteiger partial charge >= 0.3 is 0 Å². The van der Waals surface area contributed by atoms with Crippen LogP contribution in [0.1, 0.15) is 0 Å². The highest BCUT2D eigenvalue weighted by atomic mass is 32.2. The van der Waals surface area contributed by atoms with Gasteiger partial charge in [-0.05, 0) is 35.9 Å². The standard InChI is InChI=1S/C22H22N4O3S/c27-30(28,19-4-2-1-3-5-19)26-11-8-21-20(6-9-23-22(21)26)18-7-10-25(16-18)17-24-12-14-29-15-13-24/h1-11,16H,12-15,17H2. The Bertz CT molecular complexity index is 1270. The highest BCUT2D eigenvalue weighted by Gasteiger charge is 2.21. The van der Waals surface area contributed by atoms with Crippen LogP contribution >= 0.6 is 0 Å². The summed E-state index contributed by atoms with van der Waals surface area (Å²) >= 11 is 0. The van der Waals surface area contributed by atoms with Crippen LogP contribution in [0.2, 0.25) is 0 Å². The van der Waals surface area contributed by atoms with E-state index in [1.807, 2.05) is 12.1 Å². The summed E-state index contributed by atoms with van der Waals surface area (Å²) in [6.45, 7) is 4.19. The molecule has 1 saturated heterocycles. The molecule has 0 N–H and O–H groups in total. The maximum Gasteiger partial charge on any atom is 0.269 e. The molecule has 0 aliphatic carbocycles. The molecule has 0 bridgehead atoms. The van der Waals surface area contributed by atoms with Crippen molar-refractivity contribution in [2.75, 3.05) is 26.3 Å². The first-order chi connectivity index (χ1) is 14.6. The molecule has 30 heavy (non-hydrogen) atoms. The van der Waals surface area contributed by atoms with Gasteiger partial charge in [-0.15, -0.1) is 0 Å². The van der Waals surface area contributed by atoms with Gasteiger partial charge in [-0.1, -0.05) is 18.2 Å². The number of benzene rings is 1. The molecule has 0 atom stereocenters. The first-order valence-corrected chi connectivity index (χ1v) is 11.3. The largest absolute Gasteiger partial charge is 0.379 e. The zero-order chi connectivity index (χ0) is 20.6.